The number of aryl methyl sites for hydroxylation is 2. The number of rotatable bonds is 8. The largest absolute Gasteiger partial charge is 0.346 e. The van der Waals surface area contributed by atoms with E-state index in [1.54, 1.807) is 4.68 Å². The van der Waals surface area contributed by atoms with Crippen molar-refractivity contribution in [2.75, 3.05) is 13.1 Å². The number of nitrogens with one attached hydrogen (secondary N) is 1. The molecule has 0 radical (unpaired) electrons. The first-order valence-electron chi connectivity index (χ1n) is 9.63. The second kappa shape index (κ2) is 9.03. The highest BCUT2D eigenvalue weighted by molar-refractivity contribution is 5.76. The first-order valence-corrected chi connectivity index (χ1v) is 9.63. The molecule has 148 valence electrons. The van der Waals surface area contributed by atoms with Gasteiger partial charge in [0.25, 0.3) is 0 Å². The molecular weight excluding hydrogens is 346 g/mol. The van der Waals surface area contributed by atoms with E-state index in [2.05, 4.69) is 42.7 Å². The number of tetrazole rings is 1. The summed E-state index contributed by atoms with van der Waals surface area (Å²) in [6, 6.07) is -0.171. The normalized spacial score (nSPS) is 17.1. The van der Waals surface area contributed by atoms with Crippen LogP contribution in [-0.4, -0.2) is 58.9 Å². The van der Waals surface area contributed by atoms with Crippen LogP contribution in [0.4, 0.5) is 0 Å². The molecule has 1 fully saturated rings. The van der Waals surface area contributed by atoms with Crippen molar-refractivity contribution in [1.29, 1.82) is 0 Å². The van der Waals surface area contributed by atoms with Crippen LogP contribution in [0.1, 0.15) is 57.2 Å². The summed E-state index contributed by atoms with van der Waals surface area (Å²) < 4.78 is 3.48. The summed E-state index contributed by atoms with van der Waals surface area (Å²) in [5.74, 6) is 2.41. The summed E-state index contributed by atoms with van der Waals surface area (Å²) in [6.45, 7) is 7.80. The summed E-state index contributed by atoms with van der Waals surface area (Å²) in [5.41, 5.74) is 0. The van der Waals surface area contributed by atoms with Gasteiger partial charge in [-0.1, -0.05) is 6.92 Å². The molecule has 1 aliphatic rings. The molecule has 3 heterocycles. The van der Waals surface area contributed by atoms with E-state index in [0.29, 0.717) is 19.4 Å². The molecule has 2 aromatic heterocycles. The quantitative estimate of drug-likeness (QED) is 0.723. The van der Waals surface area contributed by atoms with Gasteiger partial charge in [0.05, 0.1) is 12.6 Å². The van der Waals surface area contributed by atoms with Gasteiger partial charge in [0.15, 0.2) is 5.82 Å². The van der Waals surface area contributed by atoms with Crippen LogP contribution in [-0.2, 0) is 24.9 Å². The van der Waals surface area contributed by atoms with E-state index in [1.165, 1.54) is 19.2 Å². The van der Waals surface area contributed by atoms with Gasteiger partial charge in [-0.05, 0) is 55.6 Å². The molecule has 0 aromatic carbocycles. The van der Waals surface area contributed by atoms with Gasteiger partial charge < -0.3 is 5.32 Å². The molecule has 1 amide bonds. The van der Waals surface area contributed by atoms with Crippen LogP contribution in [0.25, 0.3) is 0 Å². The molecule has 0 spiro atoms. The maximum Gasteiger partial charge on any atom is 0.220 e. The predicted molar refractivity (Wildman–Crippen MR) is 98.3 cm³/mol. The monoisotopic (exact) mass is 375 g/mol. The maximum absolute atomic E-state index is 12.2. The Balaban J connectivity index is 1.42. The second-order valence-electron chi connectivity index (χ2n) is 7.41. The second-order valence-corrected chi connectivity index (χ2v) is 7.41. The molecular formula is C17H29N9O. The molecule has 10 nitrogen and oxygen atoms in total. The summed E-state index contributed by atoms with van der Waals surface area (Å²) in [5, 5.41) is 19.0. The minimum absolute atomic E-state index is 0.00913. The molecule has 0 aliphatic carbocycles. The average molecular weight is 375 g/mol. The molecule has 1 aliphatic heterocycles. The van der Waals surface area contributed by atoms with Gasteiger partial charge in [0, 0.05) is 20.0 Å². The van der Waals surface area contributed by atoms with Gasteiger partial charge in [0.1, 0.15) is 12.2 Å². The molecule has 3 rings (SSSR count). The number of hydrogen-bond acceptors (Lipinski definition) is 7. The number of carbonyl (C=O) groups excluding carboxylic acids is 1. The lowest BCUT2D eigenvalue weighted by atomic mass is 9.99. The van der Waals surface area contributed by atoms with E-state index < -0.39 is 0 Å². The Morgan fingerprint density at radius 1 is 1.37 bits per heavy atom. The highest BCUT2D eigenvalue weighted by atomic mass is 16.1. The Morgan fingerprint density at radius 2 is 2.15 bits per heavy atom. The van der Waals surface area contributed by atoms with E-state index >= 15 is 0 Å². The van der Waals surface area contributed by atoms with Crippen molar-refractivity contribution >= 4 is 5.91 Å². The van der Waals surface area contributed by atoms with Crippen LogP contribution in [0, 0.1) is 5.92 Å². The minimum atomic E-state index is -0.171. The van der Waals surface area contributed by atoms with Crippen molar-refractivity contribution < 1.29 is 4.79 Å². The molecule has 27 heavy (non-hydrogen) atoms. The van der Waals surface area contributed by atoms with Crippen LogP contribution in [0.15, 0.2) is 6.33 Å². The summed E-state index contributed by atoms with van der Waals surface area (Å²) in [6.07, 6.45) is 5.05. The van der Waals surface area contributed by atoms with Crippen LogP contribution >= 0.6 is 0 Å². The zero-order chi connectivity index (χ0) is 19.2. The number of carbonyl (C=O) groups is 1. The van der Waals surface area contributed by atoms with Crippen molar-refractivity contribution in [3.8, 4) is 0 Å². The number of amides is 1. The van der Waals surface area contributed by atoms with Crippen LogP contribution < -0.4 is 5.32 Å². The molecule has 2 aromatic rings. The zero-order valence-electron chi connectivity index (χ0n) is 16.4. The van der Waals surface area contributed by atoms with Crippen LogP contribution in [0.2, 0.25) is 0 Å². The molecule has 1 atom stereocenters. The highest BCUT2D eigenvalue weighted by Gasteiger charge is 2.19. The maximum atomic E-state index is 12.2. The third kappa shape index (κ3) is 5.31. The standard InChI is InChI=1S/C17H29N9O/c1-13-6-9-25(10-7-13)11-15-21-22-23-26(15)8-4-5-16(27)20-14(2)17-18-12-19-24(17)3/h12-14H,4-11H2,1-3H3,(H,20,27)/t14-/m0/s1. The smallest absolute Gasteiger partial charge is 0.220 e. The summed E-state index contributed by atoms with van der Waals surface area (Å²) in [7, 11) is 1.81. The van der Waals surface area contributed by atoms with Gasteiger partial charge in [-0.15, -0.1) is 5.10 Å². The number of likely N-dealkylation sites (tertiary alicyclic amines) is 1. The fourth-order valence-electron chi connectivity index (χ4n) is 3.40. The molecule has 1 N–H and O–H groups in total. The van der Waals surface area contributed by atoms with Crippen molar-refractivity contribution in [3.63, 3.8) is 0 Å². The van der Waals surface area contributed by atoms with Gasteiger partial charge in [-0.3, -0.25) is 14.4 Å². The number of hydrogen-bond donors (Lipinski definition) is 1. The Morgan fingerprint density at radius 3 is 2.85 bits per heavy atom. The van der Waals surface area contributed by atoms with E-state index in [1.807, 2.05) is 18.7 Å². The first kappa shape index (κ1) is 19.4. The van der Waals surface area contributed by atoms with E-state index in [9.17, 15) is 4.79 Å². The molecule has 0 unspecified atom stereocenters. The Kier molecular flexibility index (Phi) is 6.49. The first-order chi connectivity index (χ1) is 13.0. The number of aromatic nitrogens is 7. The lowest BCUT2D eigenvalue weighted by Gasteiger charge is -2.29. The topological polar surface area (TPSA) is 107 Å². The third-order valence-electron chi connectivity index (χ3n) is 5.13. The van der Waals surface area contributed by atoms with Crippen LogP contribution in [0.5, 0.6) is 0 Å². The van der Waals surface area contributed by atoms with Crippen molar-refractivity contribution in [3.05, 3.63) is 18.0 Å². The highest BCUT2D eigenvalue weighted by Crippen LogP contribution is 2.17. The molecule has 0 saturated carbocycles. The Hall–Kier alpha value is -2.36. The average Bonchev–Trinajstić information content (AvgIpc) is 3.26. The molecule has 10 heteroatoms. The van der Waals surface area contributed by atoms with Gasteiger partial charge in [0.2, 0.25) is 5.91 Å². The predicted octanol–water partition coefficient (Wildman–Crippen LogP) is 0.691. The van der Waals surface area contributed by atoms with E-state index in [0.717, 1.165) is 37.2 Å². The van der Waals surface area contributed by atoms with Gasteiger partial charge in [-0.2, -0.15) is 5.10 Å². The lowest BCUT2D eigenvalue weighted by Crippen LogP contribution is -2.33. The summed E-state index contributed by atoms with van der Waals surface area (Å²) >= 11 is 0. The fraction of sp³-hybridized carbons (Fsp3) is 0.765. The number of piperidine rings is 1. The zero-order valence-corrected chi connectivity index (χ0v) is 16.4. The number of nitrogens with zero attached hydrogens (tertiary/aromatic N) is 8. The SMILES string of the molecule is CC1CCN(Cc2nnnn2CCCC(=O)N[C@@H](C)c2ncnn2C)CC1. The van der Waals surface area contributed by atoms with Gasteiger partial charge >= 0.3 is 0 Å². The minimum Gasteiger partial charge on any atom is -0.346 e. The van der Waals surface area contributed by atoms with E-state index in [-0.39, 0.29) is 11.9 Å². The summed E-state index contributed by atoms with van der Waals surface area (Å²) in [4.78, 5) is 18.7. The molecule has 1 saturated heterocycles. The fourth-order valence-corrected chi connectivity index (χ4v) is 3.40. The Labute approximate surface area is 159 Å². The van der Waals surface area contributed by atoms with Crippen molar-refractivity contribution in [1.82, 2.24) is 45.2 Å². The molecule has 0 bridgehead atoms. The Bertz CT molecular complexity index is 732. The van der Waals surface area contributed by atoms with E-state index in [4.69, 9.17) is 0 Å². The van der Waals surface area contributed by atoms with Gasteiger partial charge in [-0.25, -0.2) is 9.67 Å². The van der Waals surface area contributed by atoms with Crippen LogP contribution in [0.3, 0.4) is 0 Å². The van der Waals surface area contributed by atoms with Crippen molar-refractivity contribution in [2.45, 2.75) is 58.7 Å². The third-order valence-corrected chi connectivity index (χ3v) is 5.13. The van der Waals surface area contributed by atoms with Crippen molar-refractivity contribution in [2.24, 2.45) is 13.0 Å². The lowest BCUT2D eigenvalue weighted by molar-refractivity contribution is -0.121.